The molecule has 0 aliphatic heterocycles. The van der Waals surface area contributed by atoms with Gasteiger partial charge in [0, 0.05) is 7.59 Å². The SMILES string of the molecule is C=C[SiH](C)[Si](C)(C)C. The molecule has 0 spiro atoms. The van der Waals surface area contributed by atoms with Gasteiger partial charge in [-0.1, -0.05) is 26.2 Å². The second-order valence-corrected chi connectivity index (χ2v) is 18.1. The van der Waals surface area contributed by atoms with Gasteiger partial charge in [-0.25, -0.2) is 0 Å². The molecule has 0 aromatic heterocycles. The summed E-state index contributed by atoms with van der Waals surface area (Å²) in [5.74, 6) is 0. The van der Waals surface area contributed by atoms with Gasteiger partial charge < -0.3 is 0 Å². The van der Waals surface area contributed by atoms with Crippen LogP contribution in [0, 0.1) is 0 Å². The Kier molecular flexibility index (Phi) is 2.70. The van der Waals surface area contributed by atoms with Gasteiger partial charge >= 0.3 is 0 Å². The molecule has 2 heteroatoms. The molecule has 0 saturated carbocycles. The highest BCUT2D eigenvalue weighted by molar-refractivity contribution is 7.33. The summed E-state index contributed by atoms with van der Waals surface area (Å²) in [6.45, 7) is 13.5. The predicted molar refractivity (Wildman–Crippen MR) is 46.6 cm³/mol. The Labute approximate surface area is 55.0 Å². The standard InChI is InChI=1S/C6H16Si2/c1-6-7(2)8(3,4)5/h6-7H,1H2,2-5H3. The van der Waals surface area contributed by atoms with Crippen LogP contribution in [0.2, 0.25) is 26.2 Å². The molecule has 0 aromatic rings. The van der Waals surface area contributed by atoms with Gasteiger partial charge in [0.1, 0.15) is 0 Å². The number of hydrogen-bond acceptors (Lipinski definition) is 0. The van der Waals surface area contributed by atoms with Crippen molar-refractivity contribution in [2.45, 2.75) is 26.2 Å². The Balaban J connectivity index is 3.80. The van der Waals surface area contributed by atoms with Crippen molar-refractivity contribution >= 4 is 15.9 Å². The fourth-order valence-corrected chi connectivity index (χ4v) is 3.18. The van der Waals surface area contributed by atoms with Crippen molar-refractivity contribution in [3.63, 3.8) is 0 Å². The fourth-order valence-electron chi connectivity index (χ4n) is 0.354. The minimum Gasteiger partial charge on any atom is -0.108 e. The highest BCUT2D eigenvalue weighted by Crippen LogP contribution is 2.05. The third-order valence-corrected chi connectivity index (χ3v) is 14.1. The summed E-state index contributed by atoms with van der Waals surface area (Å²) >= 11 is 0. The monoisotopic (exact) mass is 144 g/mol. The van der Waals surface area contributed by atoms with Crippen molar-refractivity contribution in [3.05, 3.63) is 12.3 Å². The molecule has 0 nitrogen and oxygen atoms in total. The molecule has 1 unspecified atom stereocenters. The van der Waals surface area contributed by atoms with Crippen LogP contribution in [0.3, 0.4) is 0 Å². The molecule has 0 radical (unpaired) electrons. The smallest absolute Gasteiger partial charge is 0.0515 e. The Morgan fingerprint density at radius 3 is 1.75 bits per heavy atom. The molecular weight excluding hydrogens is 128 g/mol. The highest BCUT2D eigenvalue weighted by Gasteiger charge is 2.19. The highest BCUT2D eigenvalue weighted by atomic mass is 29.2. The van der Waals surface area contributed by atoms with Crippen molar-refractivity contribution in [1.29, 1.82) is 0 Å². The van der Waals surface area contributed by atoms with E-state index in [1.54, 1.807) is 0 Å². The maximum absolute atomic E-state index is 3.82. The Morgan fingerprint density at radius 2 is 1.75 bits per heavy atom. The third-order valence-electron chi connectivity index (χ3n) is 1.72. The fraction of sp³-hybridized carbons (Fsp3) is 0.667. The van der Waals surface area contributed by atoms with E-state index in [1.807, 2.05) is 0 Å². The quantitative estimate of drug-likeness (QED) is 0.520. The van der Waals surface area contributed by atoms with Crippen molar-refractivity contribution in [1.82, 2.24) is 0 Å². The summed E-state index contributed by atoms with van der Waals surface area (Å²) in [6.07, 6.45) is 0. The van der Waals surface area contributed by atoms with E-state index in [2.05, 4.69) is 38.5 Å². The van der Waals surface area contributed by atoms with Gasteiger partial charge in [0.2, 0.25) is 0 Å². The van der Waals surface area contributed by atoms with Crippen LogP contribution < -0.4 is 0 Å². The molecule has 0 fully saturated rings. The maximum atomic E-state index is 3.82. The van der Waals surface area contributed by atoms with E-state index in [9.17, 15) is 0 Å². The largest absolute Gasteiger partial charge is 0.108 e. The predicted octanol–water partition coefficient (Wildman–Crippen LogP) is 1.99. The molecule has 0 aliphatic rings. The summed E-state index contributed by atoms with van der Waals surface area (Å²) in [7, 11) is -1.21. The summed E-state index contributed by atoms with van der Waals surface area (Å²) in [5.41, 5.74) is 2.20. The van der Waals surface area contributed by atoms with Crippen LogP contribution in [-0.2, 0) is 0 Å². The molecule has 0 amide bonds. The van der Waals surface area contributed by atoms with Gasteiger partial charge in [0.15, 0.2) is 0 Å². The molecule has 0 rings (SSSR count). The first-order chi connectivity index (χ1) is 3.48. The maximum Gasteiger partial charge on any atom is 0.0515 e. The first-order valence-corrected chi connectivity index (χ1v) is 10.2. The van der Waals surface area contributed by atoms with E-state index in [1.165, 1.54) is 0 Å². The Morgan fingerprint density at radius 1 is 1.38 bits per heavy atom. The zero-order valence-electron chi connectivity index (χ0n) is 6.36. The molecule has 0 bridgehead atoms. The van der Waals surface area contributed by atoms with E-state index in [4.69, 9.17) is 0 Å². The van der Waals surface area contributed by atoms with Gasteiger partial charge in [-0.05, 0) is 0 Å². The van der Waals surface area contributed by atoms with E-state index in [0.29, 0.717) is 0 Å². The Bertz CT molecular complexity index is 81.0. The molecule has 0 heterocycles. The van der Waals surface area contributed by atoms with E-state index in [0.717, 1.165) is 0 Å². The summed E-state index contributed by atoms with van der Waals surface area (Å²) in [4.78, 5) is 0. The molecule has 8 heavy (non-hydrogen) atoms. The first-order valence-electron chi connectivity index (χ1n) is 3.11. The van der Waals surface area contributed by atoms with Gasteiger partial charge in [-0.2, -0.15) is 0 Å². The van der Waals surface area contributed by atoms with Crippen LogP contribution in [0.1, 0.15) is 0 Å². The molecule has 48 valence electrons. The Hall–Kier alpha value is 0.174. The first kappa shape index (κ1) is 8.17. The average molecular weight is 144 g/mol. The van der Waals surface area contributed by atoms with Crippen LogP contribution in [0.25, 0.3) is 0 Å². The summed E-state index contributed by atoms with van der Waals surface area (Å²) < 4.78 is 0. The normalized spacial score (nSPS) is 15.5. The van der Waals surface area contributed by atoms with Crippen molar-refractivity contribution in [3.8, 4) is 0 Å². The second kappa shape index (κ2) is 2.64. The lowest BCUT2D eigenvalue weighted by Gasteiger charge is -2.19. The van der Waals surface area contributed by atoms with Gasteiger partial charge in [0.05, 0.1) is 8.31 Å². The third kappa shape index (κ3) is 2.47. The average Bonchev–Trinajstić information content (AvgIpc) is 1.62. The zero-order chi connectivity index (χ0) is 6.78. The van der Waals surface area contributed by atoms with Crippen molar-refractivity contribution in [2.75, 3.05) is 0 Å². The van der Waals surface area contributed by atoms with E-state index >= 15 is 0 Å². The van der Waals surface area contributed by atoms with Crippen LogP contribution in [0.5, 0.6) is 0 Å². The molecular formula is C6H16Si2. The number of rotatable bonds is 2. The molecule has 0 N–H and O–H groups in total. The minimum absolute atomic E-state index is 0.467. The minimum atomic E-state index is -0.740. The summed E-state index contributed by atoms with van der Waals surface area (Å²) in [5, 5.41) is 0. The zero-order valence-corrected chi connectivity index (χ0v) is 8.52. The number of hydrogen-bond donors (Lipinski definition) is 0. The summed E-state index contributed by atoms with van der Waals surface area (Å²) in [6, 6.07) is 0. The lowest BCUT2D eigenvalue weighted by molar-refractivity contribution is 1.82. The van der Waals surface area contributed by atoms with Crippen molar-refractivity contribution in [2.24, 2.45) is 0 Å². The van der Waals surface area contributed by atoms with E-state index < -0.39 is 15.9 Å². The van der Waals surface area contributed by atoms with Gasteiger partial charge in [0.25, 0.3) is 0 Å². The van der Waals surface area contributed by atoms with Crippen LogP contribution >= 0.6 is 0 Å². The van der Waals surface area contributed by atoms with Gasteiger partial charge in [-0.15, -0.1) is 12.3 Å². The lowest BCUT2D eigenvalue weighted by atomic mass is 11.3. The van der Waals surface area contributed by atoms with Crippen LogP contribution in [0.4, 0.5) is 0 Å². The van der Waals surface area contributed by atoms with E-state index in [-0.39, 0.29) is 0 Å². The van der Waals surface area contributed by atoms with Gasteiger partial charge in [-0.3, -0.25) is 0 Å². The van der Waals surface area contributed by atoms with Crippen LogP contribution in [0.15, 0.2) is 12.3 Å². The molecule has 0 aliphatic carbocycles. The molecule has 0 saturated heterocycles. The molecule has 1 atom stereocenters. The topological polar surface area (TPSA) is 0 Å². The second-order valence-electron chi connectivity index (χ2n) is 3.39. The molecule has 0 aromatic carbocycles. The van der Waals surface area contributed by atoms with Crippen molar-refractivity contribution < 1.29 is 0 Å². The lowest BCUT2D eigenvalue weighted by Crippen LogP contribution is -2.38. The van der Waals surface area contributed by atoms with Crippen LogP contribution in [-0.4, -0.2) is 15.9 Å².